The number of methoxy groups -OCH3 is 1. The van der Waals surface area contributed by atoms with Gasteiger partial charge in [0.1, 0.15) is 11.5 Å². The minimum Gasteiger partial charge on any atom is -0.466 e. The van der Waals surface area contributed by atoms with Gasteiger partial charge in [0.05, 0.1) is 18.6 Å². The van der Waals surface area contributed by atoms with Crippen LogP contribution in [0, 0.1) is 12.8 Å². The summed E-state index contributed by atoms with van der Waals surface area (Å²) in [6.45, 7) is 5.34. The van der Waals surface area contributed by atoms with Crippen molar-refractivity contribution >= 4 is 5.91 Å². The van der Waals surface area contributed by atoms with Gasteiger partial charge in [-0.25, -0.2) is 0 Å². The molecule has 1 aliphatic heterocycles. The Morgan fingerprint density at radius 3 is 2.82 bits per heavy atom. The molecule has 0 radical (unpaired) electrons. The molecule has 1 aromatic rings. The van der Waals surface area contributed by atoms with Gasteiger partial charge >= 0.3 is 0 Å². The normalized spacial score (nSPS) is 26.1. The molecule has 0 bridgehead atoms. The molecule has 1 aromatic heterocycles. The molecule has 2 aliphatic rings. The number of aryl methyl sites for hydroxylation is 1. The zero-order valence-corrected chi connectivity index (χ0v) is 13.5. The third-order valence-electron chi connectivity index (χ3n) is 4.94. The van der Waals surface area contributed by atoms with Crippen LogP contribution in [0.1, 0.15) is 36.7 Å². The molecule has 1 aliphatic carbocycles. The first-order chi connectivity index (χ1) is 10.7. The average molecular weight is 306 g/mol. The first kappa shape index (κ1) is 15.6. The van der Waals surface area contributed by atoms with Gasteiger partial charge in [-0.05, 0) is 31.9 Å². The van der Waals surface area contributed by atoms with E-state index in [9.17, 15) is 4.79 Å². The van der Waals surface area contributed by atoms with Gasteiger partial charge < -0.3 is 14.5 Å². The largest absolute Gasteiger partial charge is 0.466 e. The van der Waals surface area contributed by atoms with E-state index in [1.165, 1.54) is 6.42 Å². The molecule has 3 rings (SSSR count). The number of ether oxygens (including phenoxy) is 1. The van der Waals surface area contributed by atoms with E-state index in [4.69, 9.17) is 9.15 Å². The summed E-state index contributed by atoms with van der Waals surface area (Å²) in [6, 6.07) is 4.18. The molecule has 2 fully saturated rings. The van der Waals surface area contributed by atoms with Crippen LogP contribution in [0.25, 0.3) is 0 Å². The molecule has 2 atom stereocenters. The van der Waals surface area contributed by atoms with E-state index in [2.05, 4.69) is 10.2 Å². The second-order valence-electron chi connectivity index (χ2n) is 6.55. The number of hydrogen-bond donors (Lipinski definition) is 1. The molecule has 22 heavy (non-hydrogen) atoms. The van der Waals surface area contributed by atoms with E-state index in [-0.39, 0.29) is 23.8 Å². The van der Waals surface area contributed by atoms with Crippen molar-refractivity contribution in [2.45, 2.75) is 38.1 Å². The molecule has 5 nitrogen and oxygen atoms in total. The zero-order chi connectivity index (χ0) is 15.5. The smallest absolute Gasteiger partial charge is 0.223 e. The predicted octanol–water partition coefficient (Wildman–Crippen LogP) is 1.92. The number of amides is 1. The first-order valence-electron chi connectivity index (χ1n) is 8.25. The molecule has 0 aromatic carbocycles. The second kappa shape index (κ2) is 6.84. The number of nitrogens with zero attached hydrogens (tertiary/aromatic N) is 1. The summed E-state index contributed by atoms with van der Waals surface area (Å²) in [5.74, 6) is 2.59. The van der Waals surface area contributed by atoms with Crippen LogP contribution in [-0.4, -0.2) is 50.2 Å². The number of carbonyl (C=O) groups excluding carboxylic acids is 1. The summed E-state index contributed by atoms with van der Waals surface area (Å²) in [7, 11) is 1.72. The molecule has 2 unspecified atom stereocenters. The summed E-state index contributed by atoms with van der Waals surface area (Å²) < 4.78 is 11.0. The van der Waals surface area contributed by atoms with Crippen molar-refractivity contribution in [1.82, 2.24) is 10.2 Å². The fourth-order valence-corrected chi connectivity index (χ4v) is 3.35. The highest BCUT2D eigenvalue weighted by atomic mass is 16.5. The minimum atomic E-state index is 0.135. The van der Waals surface area contributed by atoms with Gasteiger partial charge in [-0.15, -0.1) is 0 Å². The molecule has 1 saturated heterocycles. The molecular formula is C17H26N2O3. The van der Waals surface area contributed by atoms with Crippen LogP contribution >= 0.6 is 0 Å². The van der Waals surface area contributed by atoms with Gasteiger partial charge in [0, 0.05) is 32.7 Å². The first-order valence-corrected chi connectivity index (χ1v) is 8.25. The van der Waals surface area contributed by atoms with Crippen LogP contribution < -0.4 is 5.32 Å². The topological polar surface area (TPSA) is 54.7 Å². The van der Waals surface area contributed by atoms with Crippen molar-refractivity contribution in [2.24, 2.45) is 5.92 Å². The number of carbonyl (C=O) groups is 1. The summed E-state index contributed by atoms with van der Waals surface area (Å²) in [5, 5.41) is 3.26. The number of likely N-dealkylation sites (tertiary alicyclic amines) is 1. The third kappa shape index (κ3) is 3.36. The van der Waals surface area contributed by atoms with Gasteiger partial charge in [0.15, 0.2) is 0 Å². The number of rotatable bonds is 6. The lowest BCUT2D eigenvalue weighted by atomic mass is 9.84. The van der Waals surface area contributed by atoms with Crippen LogP contribution in [0.15, 0.2) is 16.5 Å². The predicted molar refractivity (Wildman–Crippen MR) is 83.8 cm³/mol. The maximum absolute atomic E-state index is 12.3. The van der Waals surface area contributed by atoms with E-state index < -0.39 is 0 Å². The molecule has 5 heteroatoms. The minimum absolute atomic E-state index is 0.135. The monoisotopic (exact) mass is 306 g/mol. The van der Waals surface area contributed by atoms with E-state index in [0.29, 0.717) is 6.61 Å². The highest BCUT2D eigenvalue weighted by Crippen LogP contribution is 2.31. The average Bonchev–Trinajstić information content (AvgIpc) is 3.00. The molecule has 1 saturated carbocycles. The van der Waals surface area contributed by atoms with Crippen molar-refractivity contribution in [3.8, 4) is 0 Å². The van der Waals surface area contributed by atoms with Crippen LogP contribution in [0.2, 0.25) is 0 Å². The Kier molecular flexibility index (Phi) is 4.84. The summed E-state index contributed by atoms with van der Waals surface area (Å²) in [6.07, 6.45) is 3.26. The van der Waals surface area contributed by atoms with Crippen molar-refractivity contribution in [3.05, 3.63) is 23.7 Å². The van der Waals surface area contributed by atoms with Gasteiger partial charge in [-0.2, -0.15) is 0 Å². The molecule has 1 amide bonds. The van der Waals surface area contributed by atoms with Crippen LogP contribution in [-0.2, 0) is 9.53 Å². The van der Waals surface area contributed by atoms with Crippen molar-refractivity contribution in [2.75, 3.05) is 33.4 Å². The summed E-state index contributed by atoms with van der Waals surface area (Å²) in [4.78, 5) is 14.6. The zero-order valence-electron chi connectivity index (χ0n) is 13.5. The van der Waals surface area contributed by atoms with E-state index in [1.807, 2.05) is 19.1 Å². The molecule has 2 heterocycles. The molecule has 122 valence electrons. The fourth-order valence-electron chi connectivity index (χ4n) is 3.35. The number of furan rings is 1. The molecular weight excluding hydrogens is 280 g/mol. The highest BCUT2D eigenvalue weighted by Gasteiger charge is 2.38. The Morgan fingerprint density at radius 2 is 2.23 bits per heavy atom. The lowest BCUT2D eigenvalue weighted by Gasteiger charge is -2.27. The Labute approximate surface area is 132 Å². The molecule has 0 spiro atoms. The number of hydrogen-bond acceptors (Lipinski definition) is 4. The van der Waals surface area contributed by atoms with E-state index in [1.54, 1.807) is 7.11 Å². The van der Waals surface area contributed by atoms with Gasteiger partial charge in [-0.1, -0.05) is 6.42 Å². The van der Waals surface area contributed by atoms with Gasteiger partial charge in [0.25, 0.3) is 0 Å². The van der Waals surface area contributed by atoms with Gasteiger partial charge in [-0.3, -0.25) is 9.69 Å². The van der Waals surface area contributed by atoms with Crippen LogP contribution in [0.5, 0.6) is 0 Å². The maximum atomic E-state index is 12.3. The fraction of sp³-hybridized carbons (Fsp3) is 0.706. The highest BCUT2D eigenvalue weighted by molar-refractivity contribution is 5.79. The van der Waals surface area contributed by atoms with Crippen LogP contribution in [0.3, 0.4) is 0 Å². The van der Waals surface area contributed by atoms with Crippen LogP contribution in [0.4, 0.5) is 0 Å². The Morgan fingerprint density at radius 1 is 1.41 bits per heavy atom. The lowest BCUT2D eigenvalue weighted by Crippen LogP contribution is -2.44. The second-order valence-corrected chi connectivity index (χ2v) is 6.55. The quantitative estimate of drug-likeness (QED) is 0.872. The van der Waals surface area contributed by atoms with E-state index in [0.717, 1.165) is 44.0 Å². The van der Waals surface area contributed by atoms with Gasteiger partial charge in [0.2, 0.25) is 5.91 Å². The van der Waals surface area contributed by atoms with Crippen molar-refractivity contribution in [1.29, 1.82) is 0 Å². The number of nitrogens with one attached hydrogen (secondary N) is 1. The van der Waals surface area contributed by atoms with Crippen molar-refractivity contribution in [3.63, 3.8) is 0 Å². The third-order valence-corrected chi connectivity index (χ3v) is 4.94. The Balaban J connectivity index is 1.67. The lowest BCUT2D eigenvalue weighted by molar-refractivity contribution is -0.128. The maximum Gasteiger partial charge on any atom is 0.223 e. The Hall–Kier alpha value is -1.33. The van der Waals surface area contributed by atoms with E-state index >= 15 is 0 Å². The Bertz CT molecular complexity index is 510. The SMILES string of the molecule is COCCN1CC(NC(=O)C2CCC2)C(c2ccc(C)o2)C1. The van der Waals surface area contributed by atoms with Crippen molar-refractivity contribution < 1.29 is 13.9 Å². The summed E-state index contributed by atoms with van der Waals surface area (Å²) >= 11 is 0. The standard InChI is InChI=1S/C17H26N2O3/c1-12-6-7-16(22-12)14-10-19(8-9-21-2)11-15(14)18-17(20)13-4-3-5-13/h6-7,13-15H,3-5,8-11H2,1-2H3,(H,18,20). The molecule has 1 N–H and O–H groups in total. The summed E-state index contributed by atoms with van der Waals surface area (Å²) in [5.41, 5.74) is 0.